The Morgan fingerprint density at radius 3 is 1.27 bits per heavy atom. The van der Waals surface area contributed by atoms with E-state index in [1.807, 2.05) is 52.4 Å². The number of fused-ring (bicyclic) bond motifs is 4. The van der Waals surface area contributed by atoms with Crippen LogP contribution in [0.2, 0.25) is 0 Å². The number of halogens is 7. The van der Waals surface area contributed by atoms with E-state index in [-0.39, 0.29) is 142 Å². The van der Waals surface area contributed by atoms with Crippen molar-refractivity contribution >= 4 is 76.1 Å². The Morgan fingerprint density at radius 1 is 0.531 bits per heavy atom. The van der Waals surface area contributed by atoms with Gasteiger partial charge >= 0.3 is 12.2 Å². The first-order valence-corrected chi connectivity index (χ1v) is 40.8. The van der Waals surface area contributed by atoms with Crippen molar-refractivity contribution in [1.82, 2.24) is 63.9 Å². The molecular formula is C73H118F6IN15O15S3. The third kappa shape index (κ3) is 29.0. The molecule has 4 atom stereocenters. The normalized spacial score (nSPS) is 17.0. The van der Waals surface area contributed by atoms with Crippen LogP contribution in [-0.2, 0) is 103 Å². The monoisotopic (exact) mass is 1780 g/mol. The number of nitrogens with two attached hydrogens (primary N) is 2. The van der Waals surface area contributed by atoms with Gasteiger partial charge in [0.2, 0.25) is 15.9 Å². The lowest BCUT2D eigenvalue weighted by Crippen LogP contribution is -2.48. The van der Waals surface area contributed by atoms with Crippen LogP contribution in [0.1, 0.15) is 175 Å². The number of hydrogen-bond donors (Lipinski definition) is 8. The summed E-state index contributed by atoms with van der Waals surface area (Å²) >= 11 is 2.25. The maximum absolute atomic E-state index is 13.5. The molecule has 8 heterocycles. The molecule has 2 aromatic carbocycles. The summed E-state index contributed by atoms with van der Waals surface area (Å²) < 4.78 is 174. The number of aliphatic hydroxyl groups is 4. The molecule has 0 saturated heterocycles. The molecule has 30 nitrogen and oxygen atoms in total. The number of aliphatic hydroxyl groups excluding tert-OH is 4. The Balaban J connectivity index is 0.000000482. The van der Waals surface area contributed by atoms with E-state index in [0.29, 0.717) is 43.3 Å². The van der Waals surface area contributed by atoms with Gasteiger partial charge in [-0.05, 0) is 137 Å². The molecular weight excluding hydrogens is 1660 g/mol. The summed E-state index contributed by atoms with van der Waals surface area (Å²) in [5.41, 5.74) is 8.63. The van der Waals surface area contributed by atoms with Gasteiger partial charge in [-0.15, -0.1) is 0 Å². The third-order valence-electron chi connectivity index (χ3n) is 16.7. The SMILES string of the molecule is C.C.C.CC(C)(N)CO.C[C@H]1Cn2ncc(I)c2CN1C(=O)OC(C)(C)C.C[C@H]1Cn2ncc(S(=O)(=O)CC(C)(C)CO)c2CN1.C[C@H]1Cn2ncc(S(=O)(=O)CC(C)(C)CO)c2CN1C(=O)Cc1cc(F)c(F)c(F)c1.C[C@H]1Cn2ncc(S(=O)(=O)NC(C)(C)CO)c2CN1C(=O)OC(C)(C)C.Nc1cc(F)c(F)c(F)c1. The molecule has 4 aliphatic heterocycles. The fourth-order valence-electron chi connectivity index (χ4n) is 10.9. The number of aromatic nitrogens is 8. The highest BCUT2D eigenvalue weighted by atomic mass is 127. The van der Waals surface area contributed by atoms with E-state index in [2.05, 4.69) is 53.0 Å². The fraction of sp³-hybridized carbons (Fsp3) is 0.630. The van der Waals surface area contributed by atoms with E-state index >= 15 is 0 Å². The molecule has 642 valence electrons. The molecule has 0 unspecified atom stereocenters. The van der Waals surface area contributed by atoms with Crippen LogP contribution in [0.15, 0.2) is 63.7 Å². The predicted molar refractivity (Wildman–Crippen MR) is 424 cm³/mol. The molecule has 4 aromatic heterocycles. The Labute approximate surface area is 674 Å². The van der Waals surface area contributed by atoms with E-state index in [4.69, 9.17) is 26.0 Å². The zero-order valence-corrected chi connectivity index (χ0v) is 69.9. The highest BCUT2D eigenvalue weighted by molar-refractivity contribution is 14.1. The topological polar surface area (TPSA) is 410 Å². The van der Waals surface area contributed by atoms with Crippen LogP contribution in [-0.4, -0.2) is 202 Å². The lowest BCUT2D eigenvalue weighted by atomic mass is 9.98. The summed E-state index contributed by atoms with van der Waals surface area (Å²) in [4.78, 5) is 42.4. The first-order valence-electron chi connectivity index (χ1n) is 34.9. The zero-order chi connectivity index (χ0) is 83.7. The number of ether oxygens (including phenoxy) is 2. The number of hydrogen-bond acceptors (Lipinski definition) is 22. The number of sulfonamides is 1. The van der Waals surface area contributed by atoms with Crippen molar-refractivity contribution in [1.29, 1.82) is 0 Å². The number of nitrogens with one attached hydrogen (secondary N) is 2. The van der Waals surface area contributed by atoms with E-state index < -0.39 is 110 Å². The summed E-state index contributed by atoms with van der Waals surface area (Å²) in [5.74, 6) is -9.25. The van der Waals surface area contributed by atoms with Crippen molar-refractivity contribution in [2.45, 2.75) is 267 Å². The van der Waals surface area contributed by atoms with Gasteiger partial charge in [-0.2, -0.15) is 20.4 Å². The number of rotatable bonds is 15. The average molecular weight is 1780 g/mol. The molecule has 0 saturated carbocycles. The van der Waals surface area contributed by atoms with Crippen LogP contribution >= 0.6 is 22.6 Å². The maximum atomic E-state index is 13.5. The zero-order valence-electron chi connectivity index (χ0n) is 65.3. The van der Waals surface area contributed by atoms with Gasteiger partial charge in [0.1, 0.15) is 25.9 Å². The predicted octanol–water partition coefficient (Wildman–Crippen LogP) is 9.24. The summed E-state index contributed by atoms with van der Waals surface area (Å²) in [5, 5.41) is 56.3. The number of benzene rings is 2. The largest absolute Gasteiger partial charge is 0.444 e. The standard InChI is InChI=1S/C20H24F3N3O4S.C16H28N4O5S.C12H18IN3O2.C12H21N3O3S.C6H4F3N.C4H11NO.3CH4/c1-12-8-26-16(17(7-24-26)31(29,30)11-20(2,3)10-27)9-25(12)18(28)6-13-4-14(21)19(23)15(22)5-13;1-11-8-20-12(9-19(11)14(22)25-15(2,3)4)13(7-17-20)26(23,24)18-16(5,6)10-21;1-8-6-16-10(9(13)5-14-16)7-15(8)11(17)18-12(2,3)4;1-9-6-15-10(4-13-9)11(5-14-15)19(17,18)8-12(2,3)7-16;7-4-1-3(10)2-5(8)6(4)9;1-4(2,5)3-6;;;/h4-5,7,12,27H,6,8-11H2,1-3H3;7,11,18,21H,8-10H2,1-6H3;5,8H,6-7H2,1-4H3;5,9,13,16H,4,6-8H2,1-3H3;1-2H,10H2;6H,3,5H2,1-2H3;3*1H4/t12-;11-;8-;9-;;;;;/m0000...../s1. The van der Waals surface area contributed by atoms with Crippen molar-refractivity contribution in [3.05, 3.63) is 116 Å². The van der Waals surface area contributed by atoms with Gasteiger partial charge in [-0.25, -0.2) is 65.9 Å². The van der Waals surface area contributed by atoms with Crippen molar-refractivity contribution in [2.24, 2.45) is 16.6 Å². The number of carbonyl (C=O) groups is 3. The molecule has 0 bridgehead atoms. The fourth-order valence-corrected chi connectivity index (χ4v) is 17.1. The first kappa shape index (κ1) is 102. The molecule has 0 radical (unpaired) electrons. The van der Waals surface area contributed by atoms with Gasteiger partial charge in [0.25, 0.3) is 0 Å². The summed E-state index contributed by atoms with van der Waals surface area (Å²) in [6, 6.07) is 2.83. The number of carbonyl (C=O) groups excluding carboxylic acids is 3. The van der Waals surface area contributed by atoms with Crippen LogP contribution in [0.25, 0.3) is 0 Å². The molecule has 3 amide bonds. The summed E-state index contributed by atoms with van der Waals surface area (Å²) in [7, 11) is -11.1. The van der Waals surface area contributed by atoms with E-state index in [1.54, 1.807) is 97.3 Å². The Kier molecular flexibility index (Phi) is 36.3. The molecule has 0 aliphatic carbocycles. The molecule has 0 fully saturated rings. The number of sulfone groups is 2. The van der Waals surface area contributed by atoms with Gasteiger partial charge in [-0.1, -0.05) is 50.0 Å². The molecule has 10 N–H and O–H groups in total. The minimum atomic E-state index is -3.90. The van der Waals surface area contributed by atoms with Gasteiger partial charge in [-0.3, -0.25) is 33.3 Å². The van der Waals surface area contributed by atoms with E-state index in [0.717, 1.165) is 40.1 Å². The van der Waals surface area contributed by atoms with Crippen molar-refractivity contribution < 1.29 is 95.9 Å². The number of nitrogens with zero attached hydrogens (tertiary/aromatic N) is 11. The Bertz CT molecular complexity index is 4510. The quantitative estimate of drug-likeness (QED) is 0.0205. The van der Waals surface area contributed by atoms with Gasteiger partial charge in [0, 0.05) is 66.0 Å². The second kappa shape index (κ2) is 40.2. The minimum Gasteiger partial charge on any atom is -0.444 e. The number of nitrogen functional groups attached to an aromatic ring is 1. The lowest BCUT2D eigenvalue weighted by Gasteiger charge is -2.35. The third-order valence-corrected chi connectivity index (χ3v) is 23.7. The van der Waals surface area contributed by atoms with E-state index in [9.17, 15) is 81.3 Å². The van der Waals surface area contributed by atoms with Crippen molar-refractivity contribution in [3.8, 4) is 0 Å². The van der Waals surface area contributed by atoms with Crippen LogP contribution in [0.4, 0.5) is 41.6 Å². The van der Waals surface area contributed by atoms with Crippen LogP contribution in [0.3, 0.4) is 0 Å². The number of anilines is 1. The summed E-state index contributed by atoms with van der Waals surface area (Å²) in [6.45, 7) is 34.4. The molecule has 6 aromatic rings. The molecule has 4 aliphatic rings. The molecule has 40 heteroatoms. The smallest absolute Gasteiger partial charge is 0.410 e. The van der Waals surface area contributed by atoms with Crippen LogP contribution in [0.5, 0.6) is 0 Å². The molecule has 10 rings (SSSR count). The van der Waals surface area contributed by atoms with Gasteiger partial charge in [0.05, 0.1) is 146 Å². The maximum Gasteiger partial charge on any atom is 0.410 e. The summed E-state index contributed by atoms with van der Waals surface area (Å²) in [6.07, 6.45) is 4.66. The molecule has 0 spiro atoms. The van der Waals surface area contributed by atoms with E-state index in [1.165, 1.54) is 33.1 Å². The van der Waals surface area contributed by atoms with Crippen molar-refractivity contribution in [3.63, 3.8) is 0 Å². The number of amides is 3. The second-order valence-corrected chi connectivity index (χ2v) is 39.1. The minimum absolute atomic E-state index is 0. The Morgan fingerprint density at radius 2 is 0.876 bits per heavy atom. The van der Waals surface area contributed by atoms with Crippen LogP contribution in [0, 0.1) is 49.3 Å². The van der Waals surface area contributed by atoms with Crippen molar-refractivity contribution in [2.75, 3.05) is 43.7 Å². The lowest BCUT2D eigenvalue weighted by molar-refractivity contribution is -0.134. The second-order valence-electron chi connectivity index (χ2n) is 32.4. The average Bonchev–Trinajstić information content (AvgIpc) is 1.65. The van der Waals surface area contributed by atoms with Gasteiger partial charge < -0.3 is 51.6 Å². The highest BCUT2D eigenvalue weighted by Crippen LogP contribution is 2.32. The first-order chi connectivity index (χ1) is 50.3. The van der Waals surface area contributed by atoms with Crippen LogP contribution < -0.4 is 21.5 Å². The highest BCUT2D eigenvalue weighted by Gasteiger charge is 2.40. The van der Waals surface area contributed by atoms with Gasteiger partial charge in [0.15, 0.2) is 54.6 Å². The molecule has 113 heavy (non-hydrogen) atoms. The Hall–Kier alpha value is -7.03.